The van der Waals surface area contributed by atoms with Crippen molar-refractivity contribution in [1.29, 1.82) is 0 Å². The predicted octanol–water partition coefficient (Wildman–Crippen LogP) is 0.989. The van der Waals surface area contributed by atoms with Crippen molar-refractivity contribution in [2.24, 2.45) is 5.14 Å². The first kappa shape index (κ1) is 13.7. The molecule has 7 heteroatoms. The molecular weight excluding hydrogens is 272 g/mol. The van der Waals surface area contributed by atoms with Crippen LogP contribution in [0.3, 0.4) is 0 Å². The molecular formula is C11H16N2O3S2. The zero-order chi connectivity index (χ0) is 13.2. The van der Waals surface area contributed by atoms with E-state index in [0.29, 0.717) is 12.3 Å². The monoisotopic (exact) mass is 288 g/mol. The van der Waals surface area contributed by atoms with Crippen LogP contribution in [-0.4, -0.2) is 37.9 Å². The van der Waals surface area contributed by atoms with Crippen molar-refractivity contribution in [2.75, 3.05) is 25.2 Å². The summed E-state index contributed by atoms with van der Waals surface area (Å²) in [6.45, 7) is 0.450. The van der Waals surface area contributed by atoms with Crippen LogP contribution in [0.1, 0.15) is 11.6 Å². The van der Waals surface area contributed by atoms with Crippen molar-refractivity contribution in [3.05, 3.63) is 29.8 Å². The zero-order valence-corrected chi connectivity index (χ0v) is 11.7. The van der Waals surface area contributed by atoms with Gasteiger partial charge in [0.1, 0.15) is 5.75 Å². The lowest BCUT2D eigenvalue weighted by atomic mass is 10.1. The van der Waals surface area contributed by atoms with Gasteiger partial charge < -0.3 is 4.74 Å². The number of nitrogens with two attached hydrogens (primary N) is 1. The van der Waals surface area contributed by atoms with E-state index in [2.05, 4.69) is 0 Å². The first-order chi connectivity index (χ1) is 8.52. The van der Waals surface area contributed by atoms with E-state index in [1.54, 1.807) is 18.9 Å². The molecule has 1 saturated heterocycles. The Morgan fingerprint density at radius 3 is 2.94 bits per heavy atom. The average molecular weight is 288 g/mol. The molecule has 0 radical (unpaired) electrons. The number of rotatable bonds is 3. The molecule has 2 rings (SSSR count). The normalized spacial score (nSPS) is 21.8. The van der Waals surface area contributed by atoms with Crippen molar-refractivity contribution >= 4 is 22.0 Å². The SMILES string of the molecule is COc1cccc(C2CSCCN2S(N)(=O)=O)c1. The largest absolute Gasteiger partial charge is 0.497 e. The zero-order valence-electron chi connectivity index (χ0n) is 10.1. The van der Waals surface area contributed by atoms with E-state index in [9.17, 15) is 8.42 Å². The molecule has 0 aliphatic carbocycles. The third-order valence-corrected chi connectivity index (χ3v) is 5.00. The van der Waals surface area contributed by atoms with Crippen molar-refractivity contribution < 1.29 is 13.2 Å². The summed E-state index contributed by atoms with van der Waals surface area (Å²) in [5, 5.41) is 5.27. The Kier molecular flexibility index (Phi) is 4.16. The Labute approximate surface area is 111 Å². The number of methoxy groups -OCH3 is 1. The van der Waals surface area contributed by atoms with Crippen LogP contribution in [-0.2, 0) is 10.2 Å². The second-order valence-corrected chi connectivity index (χ2v) is 6.67. The number of thioether (sulfide) groups is 1. The summed E-state index contributed by atoms with van der Waals surface area (Å²) >= 11 is 1.73. The van der Waals surface area contributed by atoms with Gasteiger partial charge in [-0.15, -0.1) is 0 Å². The van der Waals surface area contributed by atoms with E-state index in [0.717, 1.165) is 17.1 Å². The minimum atomic E-state index is -3.66. The fourth-order valence-corrected chi connectivity index (χ4v) is 4.20. The first-order valence-electron chi connectivity index (χ1n) is 5.53. The highest BCUT2D eigenvalue weighted by molar-refractivity contribution is 7.99. The van der Waals surface area contributed by atoms with Crippen LogP contribution in [0.4, 0.5) is 0 Å². The lowest BCUT2D eigenvalue weighted by Gasteiger charge is -2.33. The summed E-state index contributed by atoms with van der Waals surface area (Å²) in [6, 6.07) is 7.23. The predicted molar refractivity (Wildman–Crippen MR) is 72.9 cm³/mol. The summed E-state index contributed by atoms with van der Waals surface area (Å²) in [6.07, 6.45) is 0. The van der Waals surface area contributed by atoms with Crippen LogP contribution in [0.2, 0.25) is 0 Å². The highest BCUT2D eigenvalue weighted by Gasteiger charge is 2.31. The number of benzene rings is 1. The maximum absolute atomic E-state index is 11.6. The van der Waals surface area contributed by atoms with Crippen molar-refractivity contribution in [1.82, 2.24) is 4.31 Å². The van der Waals surface area contributed by atoms with Crippen molar-refractivity contribution in [3.63, 3.8) is 0 Å². The Morgan fingerprint density at radius 1 is 1.50 bits per heavy atom. The molecule has 1 aromatic carbocycles. The molecule has 0 bridgehead atoms. The molecule has 1 atom stereocenters. The van der Waals surface area contributed by atoms with E-state index in [-0.39, 0.29) is 6.04 Å². The van der Waals surface area contributed by atoms with Crippen LogP contribution < -0.4 is 9.88 Å². The molecule has 0 amide bonds. The van der Waals surface area contributed by atoms with E-state index in [1.807, 2.05) is 24.3 Å². The van der Waals surface area contributed by atoms with Crippen LogP contribution in [0.5, 0.6) is 5.75 Å². The van der Waals surface area contributed by atoms with E-state index in [4.69, 9.17) is 9.88 Å². The third kappa shape index (κ3) is 2.97. The second-order valence-electron chi connectivity index (χ2n) is 4.02. The van der Waals surface area contributed by atoms with Gasteiger partial charge in [-0.3, -0.25) is 0 Å². The lowest BCUT2D eigenvalue weighted by Crippen LogP contribution is -2.44. The van der Waals surface area contributed by atoms with E-state index >= 15 is 0 Å². The summed E-state index contributed by atoms with van der Waals surface area (Å²) < 4.78 is 29.7. The first-order valence-corrected chi connectivity index (χ1v) is 8.19. The van der Waals surface area contributed by atoms with E-state index in [1.165, 1.54) is 4.31 Å². The molecule has 1 heterocycles. The number of hydrogen-bond donors (Lipinski definition) is 1. The van der Waals surface area contributed by atoms with Crippen LogP contribution in [0.15, 0.2) is 24.3 Å². The molecule has 2 N–H and O–H groups in total. The lowest BCUT2D eigenvalue weighted by molar-refractivity contribution is 0.354. The Morgan fingerprint density at radius 2 is 2.28 bits per heavy atom. The molecule has 0 saturated carbocycles. The topological polar surface area (TPSA) is 72.6 Å². The number of nitrogens with zero attached hydrogens (tertiary/aromatic N) is 1. The van der Waals surface area contributed by atoms with Crippen LogP contribution >= 0.6 is 11.8 Å². The molecule has 0 spiro atoms. The Hall–Kier alpha value is -0.760. The maximum atomic E-state index is 11.6. The molecule has 100 valence electrons. The third-order valence-electron chi connectivity index (χ3n) is 2.88. The van der Waals surface area contributed by atoms with Gasteiger partial charge in [0.25, 0.3) is 10.2 Å². The van der Waals surface area contributed by atoms with Gasteiger partial charge in [-0.1, -0.05) is 12.1 Å². The quantitative estimate of drug-likeness (QED) is 0.900. The highest BCUT2D eigenvalue weighted by atomic mass is 32.2. The molecule has 1 fully saturated rings. The fourth-order valence-electron chi connectivity index (χ4n) is 2.00. The second kappa shape index (κ2) is 5.48. The van der Waals surface area contributed by atoms with Gasteiger partial charge in [-0.25, -0.2) is 5.14 Å². The standard InChI is InChI=1S/C11H16N2O3S2/c1-16-10-4-2-3-9(7-10)11-8-17-6-5-13(11)18(12,14)15/h2-4,7,11H,5-6,8H2,1H3,(H2,12,14,15). The molecule has 18 heavy (non-hydrogen) atoms. The molecule has 1 aliphatic rings. The average Bonchev–Trinajstić information content (AvgIpc) is 2.38. The minimum absolute atomic E-state index is 0.214. The Balaban J connectivity index is 2.33. The molecule has 1 aromatic rings. The van der Waals surface area contributed by atoms with Gasteiger partial charge in [0.2, 0.25) is 0 Å². The van der Waals surface area contributed by atoms with Gasteiger partial charge in [0, 0.05) is 18.1 Å². The van der Waals surface area contributed by atoms with Crippen LogP contribution in [0.25, 0.3) is 0 Å². The van der Waals surface area contributed by atoms with Crippen LogP contribution in [0, 0.1) is 0 Å². The summed E-state index contributed by atoms with van der Waals surface area (Å²) in [5.41, 5.74) is 0.913. The van der Waals surface area contributed by atoms with Gasteiger partial charge in [-0.2, -0.15) is 24.5 Å². The molecule has 5 nitrogen and oxygen atoms in total. The summed E-state index contributed by atoms with van der Waals surface area (Å²) in [5.74, 6) is 2.21. The van der Waals surface area contributed by atoms with Gasteiger partial charge in [-0.05, 0) is 17.7 Å². The molecule has 1 unspecified atom stereocenters. The molecule has 0 aromatic heterocycles. The van der Waals surface area contributed by atoms with Gasteiger partial charge >= 0.3 is 0 Å². The summed E-state index contributed by atoms with van der Waals surface area (Å²) in [4.78, 5) is 0. The number of ether oxygens (including phenoxy) is 1. The highest BCUT2D eigenvalue weighted by Crippen LogP contribution is 2.32. The van der Waals surface area contributed by atoms with Crippen molar-refractivity contribution in [2.45, 2.75) is 6.04 Å². The minimum Gasteiger partial charge on any atom is -0.497 e. The maximum Gasteiger partial charge on any atom is 0.277 e. The smallest absolute Gasteiger partial charge is 0.277 e. The Bertz CT molecular complexity index is 519. The van der Waals surface area contributed by atoms with E-state index < -0.39 is 10.2 Å². The fraction of sp³-hybridized carbons (Fsp3) is 0.455. The summed E-state index contributed by atoms with van der Waals surface area (Å²) in [7, 11) is -2.07. The van der Waals surface area contributed by atoms with Gasteiger partial charge in [0.05, 0.1) is 13.2 Å². The van der Waals surface area contributed by atoms with Crippen molar-refractivity contribution in [3.8, 4) is 5.75 Å². The van der Waals surface area contributed by atoms with Gasteiger partial charge in [0.15, 0.2) is 0 Å². The number of hydrogen-bond acceptors (Lipinski definition) is 4. The molecule has 1 aliphatic heterocycles.